The first kappa shape index (κ1) is 17.8. The van der Waals surface area contributed by atoms with Gasteiger partial charge in [0, 0.05) is 16.5 Å². The van der Waals surface area contributed by atoms with E-state index in [2.05, 4.69) is 0 Å². The molecule has 0 saturated carbocycles. The molecule has 1 aromatic rings. The summed E-state index contributed by atoms with van der Waals surface area (Å²) in [5.74, 6) is -0.342. The zero-order chi connectivity index (χ0) is 17.0. The van der Waals surface area contributed by atoms with Crippen molar-refractivity contribution >= 4 is 35.3 Å². The number of rotatable bonds is 4. The molecule has 1 aromatic carbocycles. The van der Waals surface area contributed by atoms with Crippen LogP contribution in [0, 0.1) is 0 Å². The summed E-state index contributed by atoms with van der Waals surface area (Å²) in [6.07, 6.45) is -2.41. The van der Waals surface area contributed by atoms with E-state index >= 15 is 0 Å². The first-order valence-electron chi connectivity index (χ1n) is 7.16. The fraction of sp³-hybridized carbons (Fsp3) is 0.467. The lowest BCUT2D eigenvalue weighted by molar-refractivity contribution is -0.138. The topological polar surface area (TPSA) is 76.1 Å². The van der Waals surface area contributed by atoms with Crippen LogP contribution in [0.1, 0.15) is 18.9 Å². The summed E-state index contributed by atoms with van der Waals surface area (Å²) >= 11 is 12.1. The minimum Gasteiger partial charge on any atom is -0.435 e. The molecule has 1 N–H and O–H groups in total. The molecular weight excluding hydrogens is 345 g/mol. The van der Waals surface area contributed by atoms with E-state index in [9.17, 15) is 14.7 Å². The van der Waals surface area contributed by atoms with E-state index in [4.69, 9.17) is 32.7 Å². The zero-order valence-corrected chi connectivity index (χ0v) is 14.0. The monoisotopic (exact) mass is 361 g/mol. The Morgan fingerprint density at radius 3 is 2.61 bits per heavy atom. The zero-order valence-electron chi connectivity index (χ0n) is 12.5. The number of hydrogen-bond acceptors (Lipinski definition) is 5. The molecule has 8 heteroatoms. The molecule has 1 fully saturated rings. The third-order valence-electron chi connectivity index (χ3n) is 3.43. The standard InChI is InChI=1S/C15H17Cl2NO5/c1-2-22-15(21)23-14-6-9(19)8-18(14)13(20)7-10-11(16)4-3-5-12(10)17/h3-5,9,14,19H,2,6-8H2,1H3. The van der Waals surface area contributed by atoms with Gasteiger partial charge >= 0.3 is 6.16 Å². The molecule has 0 radical (unpaired) electrons. The van der Waals surface area contributed by atoms with Gasteiger partial charge in [-0.3, -0.25) is 4.79 Å². The van der Waals surface area contributed by atoms with Gasteiger partial charge in [0.1, 0.15) is 0 Å². The Morgan fingerprint density at radius 2 is 2.00 bits per heavy atom. The van der Waals surface area contributed by atoms with E-state index in [0.29, 0.717) is 15.6 Å². The smallest absolute Gasteiger partial charge is 0.435 e. The quantitative estimate of drug-likeness (QED) is 0.834. The molecule has 1 amide bonds. The number of nitrogens with zero attached hydrogens (tertiary/aromatic N) is 1. The molecule has 1 heterocycles. The normalized spacial score (nSPS) is 20.4. The Morgan fingerprint density at radius 1 is 1.35 bits per heavy atom. The Kier molecular flexibility index (Phi) is 6.10. The van der Waals surface area contributed by atoms with Crippen molar-refractivity contribution in [2.45, 2.75) is 32.1 Å². The summed E-state index contributed by atoms with van der Waals surface area (Å²) in [6.45, 7) is 1.88. The third kappa shape index (κ3) is 4.50. The average molecular weight is 362 g/mol. The van der Waals surface area contributed by atoms with Gasteiger partial charge in [-0.15, -0.1) is 0 Å². The number of hydrogen-bond donors (Lipinski definition) is 1. The maximum absolute atomic E-state index is 12.5. The van der Waals surface area contributed by atoms with Gasteiger partial charge in [0.25, 0.3) is 0 Å². The van der Waals surface area contributed by atoms with Crippen LogP contribution < -0.4 is 0 Å². The lowest BCUT2D eigenvalue weighted by atomic mass is 10.1. The van der Waals surface area contributed by atoms with Crippen LogP contribution in [0.5, 0.6) is 0 Å². The molecule has 6 nitrogen and oxygen atoms in total. The van der Waals surface area contributed by atoms with Gasteiger partial charge in [-0.05, 0) is 24.6 Å². The molecule has 0 bridgehead atoms. The second kappa shape index (κ2) is 7.86. The molecule has 0 aliphatic carbocycles. The SMILES string of the molecule is CCOC(=O)OC1CC(O)CN1C(=O)Cc1c(Cl)cccc1Cl. The molecule has 1 aliphatic heterocycles. The number of halogens is 2. The minimum absolute atomic E-state index is 0.0477. The number of carbonyl (C=O) groups excluding carboxylic acids is 2. The van der Waals surface area contributed by atoms with Crippen LogP contribution in [-0.2, 0) is 20.7 Å². The van der Waals surface area contributed by atoms with Crippen molar-refractivity contribution < 1.29 is 24.2 Å². The van der Waals surface area contributed by atoms with Gasteiger partial charge < -0.3 is 19.5 Å². The highest BCUT2D eigenvalue weighted by Crippen LogP contribution is 2.27. The Labute approximate surface area is 143 Å². The van der Waals surface area contributed by atoms with Crippen molar-refractivity contribution in [3.8, 4) is 0 Å². The third-order valence-corrected chi connectivity index (χ3v) is 4.14. The number of amides is 1. The van der Waals surface area contributed by atoms with E-state index in [1.54, 1.807) is 25.1 Å². The minimum atomic E-state index is -0.875. The molecule has 23 heavy (non-hydrogen) atoms. The van der Waals surface area contributed by atoms with Gasteiger partial charge in [0.2, 0.25) is 5.91 Å². The number of likely N-dealkylation sites (tertiary alicyclic amines) is 1. The molecule has 2 atom stereocenters. The summed E-state index contributed by atoms with van der Waals surface area (Å²) < 4.78 is 9.77. The van der Waals surface area contributed by atoms with Crippen LogP contribution in [0.4, 0.5) is 4.79 Å². The lowest BCUT2D eigenvalue weighted by Crippen LogP contribution is -2.39. The number of carbonyl (C=O) groups is 2. The molecule has 0 spiro atoms. The highest BCUT2D eigenvalue weighted by atomic mass is 35.5. The summed E-state index contributed by atoms with van der Waals surface area (Å²) in [5.41, 5.74) is 0.497. The molecule has 2 rings (SSSR count). The first-order chi connectivity index (χ1) is 10.9. The van der Waals surface area contributed by atoms with E-state index in [-0.39, 0.29) is 31.9 Å². The molecule has 126 valence electrons. The predicted molar refractivity (Wildman–Crippen MR) is 84.4 cm³/mol. The van der Waals surface area contributed by atoms with Crippen molar-refractivity contribution in [3.63, 3.8) is 0 Å². The summed E-state index contributed by atoms with van der Waals surface area (Å²) in [6, 6.07) is 4.97. The van der Waals surface area contributed by atoms with Gasteiger partial charge in [-0.2, -0.15) is 0 Å². The molecule has 2 unspecified atom stereocenters. The highest BCUT2D eigenvalue weighted by Gasteiger charge is 2.37. The number of aliphatic hydroxyl groups is 1. The average Bonchev–Trinajstić information content (AvgIpc) is 2.84. The van der Waals surface area contributed by atoms with Crippen LogP contribution in [0.2, 0.25) is 10.0 Å². The van der Waals surface area contributed by atoms with Crippen molar-refractivity contribution in [2.24, 2.45) is 0 Å². The number of ether oxygens (including phenoxy) is 2. The highest BCUT2D eigenvalue weighted by molar-refractivity contribution is 6.36. The largest absolute Gasteiger partial charge is 0.510 e. The van der Waals surface area contributed by atoms with Gasteiger partial charge in [-0.25, -0.2) is 4.79 Å². The van der Waals surface area contributed by atoms with Crippen molar-refractivity contribution in [2.75, 3.05) is 13.2 Å². The molecular formula is C15H17Cl2NO5. The molecule has 1 saturated heterocycles. The summed E-state index contributed by atoms with van der Waals surface area (Å²) in [4.78, 5) is 25.2. The van der Waals surface area contributed by atoms with Crippen LogP contribution in [0.25, 0.3) is 0 Å². The fourth-order valence-electron chi connectivity index (χ4n) is 2.37. The molecule has 0 aromatic heterocycles. The second-order valence-corrected chi connectivity index (χ2v) is 5.88. The Bertz CT molecular complexity index is 575. The summed E-state index contributed by atoms with van der Waals surface area (Å²) in [7, 11) is 0. The van der Waals surface area contributed by atoms with Crippen LogP contribution in [-0.4, -0.2) is 47.6 Å². The van der Waals surface area contributed by atoms with Crippen LogP contribution in [0.15, 0.2) is 18.2 Å². The summed E-state index contributed by atoms with van der Waals surface area (Å²) in [5, 5.41) is 10.5. The first-order valence-corrected chi connectivity index (χ1v) is 7.91. The second-order valence-electron chi connectivity index (χ2n) is 5.07. The predicted octanol–water partition coefficient (Wildman–Crippen LogP) is 2.63. The van der Waals surface area contributed by atoms with Crippen LogP contribution >= 0.6 is 23.2 Å². The fourth-order valence-corrected chi connectivity index (χ4v) is 2.90. The van der Waals surface area contributed by atoms with Crippen LogP contribution in [0.3, 0.4) is 0 Å². The Hall–Kier alpha value is -1.50. The van der Waals surface area contributed by atoms with Crippen molar-refractivity contribution in [1.29, 1.82) is 0 Å². The maximum atomic E-state index is 12.5. The maximum Gasteiger partial charge on any atom is 0.510 e. The van der Waals surface area contributed by atoms with Gasteiger partial charge in [0.15, 0.2) is 6.23 Å². The number of β-amino-alcohol motifs (C(OH)–C–C–N with tert-alkyl or cyclic N) is 1. The van der Waals surface area contributed by atoms with E-state index < -0.39 is 18.5 Å². The van der Waals surface area contributed by atoms with Gasteiger partial charge in [-0.1, -0.05) is 29.3 Å². The number of benzene rings is 1. The van der Waals surface area contributed by atoms with E-state index in [1.165, 1.54) is 4.90 Å². The molecule has 1 aliphatic rings. The van der Waals surface area contributed by atoms with E-state index in [0.717, 1.165) is 0 Å². The number of aliphatic hydroxyl groups excluding tert-OH is 1. The Balaban J connectivity index is 2.08. The van der Waals surface area contributed by atoms with Crippen molar-refractivity contribution in [1.82, 2.24) is 4.90 Å². The lowest BCUT2D eigenvalue weighted by Gasteiger charge is -2.24. The van der Waals surface area contributed by atoms with E-state index in [1.807, 2.05) is 0 Å². The van der Waals surface area contributed by atoms with Crippen molar-refractivity contribution in [3.05, 3.63) is 33.8 Å². The van der Waals surface area contributed by atoms with Gasteiger partial charge in [0.05, 0.1) is 25.7 Å².